The number of carboxylic acid groups (broad SMARTS) is 1. The summed E-state index contributed by atoms with van der Waals surface area (Å²) in [5.74, 6) is -1.80. The SMILES string of the molecule is CC(O)c1ccc(-c2ccc3nc(C(=O)NC(C=O)Cc4ccc(O)cc4)cc(C(=O)O)c3c2)cc1. The zero-order chi connectivity index (χ0) is 25.8. The van der Waals surface area contributed by atoms with Crippen LogP contribution in [0.2, 0.25) is 0 Å². The van der Waals surface area contributed by atoms with Crippen molar-refractivity contribution in [1.29, 1.82) is 0 Å². The first-order chi connectivity index (χ1) is 17.2. The number of aldehydes is 1. The monoisotopic (exact) mass is 484 g/mol. The summed E-state index contributed by atoms with van der Waals surface area (Å²) >= 11 is 0. The Hall–Kier alpha value is -4.56. The van der Waals surface area contributed by atoms with Gasteiger partial charge in [-0.3, -0.25) is 4.79 Å². The number of aliphatic hydroxyl groups excluding tert-OH is 1. The number of aromatic nitrogens is 1. The Bertz CT molecular complexity index is 1430. The molecule has 0 saturated carbocycles. The fourth-order valence-electron chi connectivity index (χ4n) is 3.91. The van der Waals surface area contributed by atoms with Crippen molar-refractivity contribution in [3.63, 3.8) is 0 Å². The predicted octanol–water partition coefficient (Wildman–Crippen LogP) is 3.90. The number of nitrogens with zero attached hydrogens (tertiary/aromatic N) is 1. The van der Waals surface area contributed by atoms with E-state index in [9.17, 15) is 29.7 Å². The van der Waals surface area contributed by atoms with E-state index < -0.39 is 24.0 Å². The molecule has 4 aromatic rings. The highest BCUT2D eigenvalue weighted by Crippen LogP contribution is 2.28. The van der Waals surface area contributed by atoms with Gasteiger partial charge in [-0.1, -0.05) is 42.5 Å². The van der Waals surface area contributed by atoms with Gasteiger partial charge < -0.3 is 25.4 Å². The zero-order valence-corrected chi connectivity index (χ0v) is 19.4. The van der Waals surface area contributed by atoms with Crippen LogP contribution in [0.1, 0.15) is 45.0 Å². The van der Waals surface area contributed by atoms with Crippen molar-refractivity contribution in [2.24, 2.45) is 0 Å². The molecule has 0 aliphatic carbocycles. The Labute approximate surface area is 206 Å². The summed E-state index contributed by atoms with van der Waals surface area (Å²) in [6.07, 6.45) is 0.202. The minimum atomic E-state index is -1.21. The van der Waals surface area contributed by atoms with Gasteiger partial charge in [0.15, 0.2) is 0 Å². The number of nitrogens with one attached hydrogen (secondary N) is 1. The maximum Gasteiger partial charge on any atom is 0.336 e. The Morgan fingerprint density at radius 1 is 0.972 bits per heavy atom. The number of aliphatic hydroxyl groups is 1. The summed E-state index contributed by atoms with van der Waals surface area (Å²) in [7, 11) is 0. The molecule has 2 unspecified atom stereocenters. The quantitative estimate of drug-likeness (QED) is 0.278. The number of phenols is 1. The van der Waals surface area contributed by atoms with Crippen molar-refractivity contribution in [1.82, 2.24) is 10.3 Å². The molecule has 0 bridgehead atoms. The van der Waals surface area contributed by atoms with Gasteiger partial charge in [0.25, 0.3) is 5.91 Å². The normalized spacial score (nSPS) is 12.6. The van der Waals surface area contributed by atoms with E-state index in [1.54, 1.807) is 49.4 Å². The Balaban J connectivity index is 1.63. The summed E-state index contributed by atoms with van der Waals surface area (Å²) in [4.78, 5) is 40.8. The largest absolute Gasteiger partial charge is 0.508 e. The number of pyridine rings is 1. The number of carbonyl (C=O) groups is 3. The number of rotatable bonds is 8. The summed E-state index contributed by atoms with van der Waals surface area (Å²) in [5.41, 5.74) is 3.21. The molecule has 1 aromatic heterocycles. The third-order valence-corrected chi connectivity index (χ3v) is 5.87. The molecule has 0 saturated heterocycles. The molecule has 0 spiro atoms. The number of carboxylic acids is 1. The van der Waals surface area contributed by atoms with Gasteiger partial charge in [0, 0.05) is 5.39 Å². The average Bonchev–Trinajstić information content (AvgIpc) is 2.88. The molecular weight excluding hydrogens is 460 g/mol. The summed E-state index contributed by atoms with van der Waals surface area (Å²) in [6.45, 7) is 1.67. The number of carbonyl (C=O) groups excluding carboxylic acids is 2. The molecule has 8 nitrogen and oxygen atoms in total. The van der Waals surface area contributed by atoms with Crippen LogP contribution in [-0.4, -0.2) is 44.5 Å². The highest BCUT2D eigenvalue weighted by Gasteiger charge is 2.19. The Kier molecular flexibility index (Phi) is 7.07. The highest BCUT2D eigenvalue weighted by atomic mass is 16.4. The van der Waals surface area contributed by atoms with Gasteiger partial charge in [0.2, 0.25) is 0 Å². The molecular formula is C28H24N2O6. The lowest BCUT2D eigenvalue weighted by atomic mass is 9.98. The molecule has 4 rings (SSSR count). The lowest BCUT2D eigenvalue weighted by Crippen LogP contribution is -2.38. The van der Waals surface area contributed by atoms with Gasteiger partial charge in [-0.15, -0.1) is 0 Å². The molecule has 36 heavy (non-hydrogen) atoms. The second-order valence-corrected chi connectivity index (χ2v) is 8.48. The van der Waals surface area contributed by atoms with E-state index in [0.29, 0.717) is 17.2 Å². The number of aromatic carboxylic acids is 1. The maximum absolute atomic E-state index is 12.9. The number of fused-ring (bicyclic) bond motifs is 1. The van der Waals surface area contributed by atoms with Gasteiger partial charge in [0.05, 0.1) is 23.2 Å². The Morgan fingerprint density at radius 2 is 1.64 bits per heavy atom. The third-order valence-electron chi connectivity index (χ3n) is 5.87. The van der Waals surface area contributed by atoms with Crippen molar-refractivity contribution in [3.05, 3.63) is 95.2 Å². The number of aromatic hydroxyl groups is 1. The first-order valence-electron chi connectivity index (χ1n) is 11.3. The van der Waals surface area contributed by atoms with Crippen molar-refractivity contribution < 1.29 is 29.7 Å². The van der Waals surface area contributed by atoms with Crippen LogP contribution in [0.5, 0.6) is 5.75 Å². The fraction of sp³-hybridized carbons (Fsp3) is 0.143. The van der Waals surface area contributed by atoms with Crippen molar-refractivity contribution >= 4 is 29.1 Å². The predicted molar refractivity (Wildman–Crippen MR) is 134 cm³/mol. The molecule has 0 aliphatic rings. The van der Waals surface area contributed by atoms with E-state index in [4.69, 9.17) is 0 Å². The van der Waals surface area contributed by atoms with Crippen LogP contribution in [0, 0.1) is 0 Å². The molecule has 0 aliphatic heterocycles. The molecule has 1 amide bonds. The number of hydrogen-bond donors (Lipinski definition) is 4. The topological polar surface area (TPSA) is 137 Å². The standard InChI is InChI=1S/C28H24N2O6/c1-16(32)18-4-6-19(7-5-18)20-8-11-25-23(13-20)24(28(35)36)14-26(30-25)27(34)29-21(15-31)12-17-2-9-22(33)10-3-17/h2-11,13-16,21,32-33H,12H2,1H3,(H,29,34)(H,35,36). The molecule has 4 N–H and O–H groups in total. The van der Waals surface area contributed by atoms with Gasteiger partial charge in [-0.25, -0.2) is 9.78 Å². The highest BCUT2D eigenvalue weighted by molar-refractivity contribution is 6.07. The molecule has 2 atom stereocenters. The van der Waals surface area contributed by atoms with E-state index in [1.165, 1.54) is 18.2 Å². The second kappa shape index (κ2) is 10.4. The van der Waals surface area contributed by atoms with Gasteiger partial charge in [0.1, 0.15) is 17.7 Å². The van der Waals surface area contributed by atoms with E-state index in [-0.39, 0.29) is 23.4 Å². The fourth-order valence-corrected chi connectivity index (χ4v) is 3.91. The van der Waals surface area contributed by atoms with Crippen molar-refractivity contribution in [2.45, 2.75) is 25.5 Å². The van der Waals surface area contributed by atoms with Crippen LogP contribution >= 0.6 is 0 Å². The van der Waals surface area contributed by atoms with E-state index >= 15 is 0 Å². The molecule has 3 aromatic carbocycles. The number of hydrogen-bond acceptors (Lipinski definition) is 6. The first-order valence-corrected chi connectivity index (χ1v) is 11.3. The molecule has 0 fully saturated rings. The van der Waals surface area contributed by atoms with Crippen LogP contribution < -0.4 is 5.32 Å². The zero-order valence-electron chi connectivity index (χ0n) is 19.4. The van der Waals surface area contributed by atoms with Crippen LogP contribution in [0.3, 0.4) is 0 Å². The Morgan fingerprint density at radius 3 is 2.25 bits per heavy atom. The van der Waals surface area contributed by atoms with E-state index in [0.717, 1.165) is 22.3 Å². The lowest BCUT2D eigenvalue weighted by Gasteiger charge is -2.14. The lowest BCUT2D eigenvalue weighted by molar-refractivity contribution is -0.109. The minimum Gasteiger partial charge on any atom is -0.508 e. The smallest absolute Gasteiger partial charge is 0.336 e. The molecule has 8 heteroatoms. The number of amides is 1. The second-order valence-electron chi connectivity index (χ2n) is 8.48. The summed E-state index contributed by atoms with van der Waals surface area (Å²) in [5, 5.41) is 31.9. The number of phenolic OH excluding ortho intramolecular Hbond substituents is 1. The summed E-state index contributed by atoms with van der Waals surface area (Å²) < 4.78 is 0. The molecule has 1 heterocycles. The van der Waals surface area contributed by atoms with Crippen LogP contribution in [0.15, 0.2) is 72.8 Å². The van der Waals surface area contributed by atoms with Crippen LogP contribution in [0.4, 0.5) is 0 Å². The maximum atomic E-state index is 12.9. The van der Waals surface area contributed by atoms with Crippen molar-refractivity contribution in [3.8, 4) is 16.9 Å². The molecule has 0 radical (unpaired) electrons. The van der Waals surface area contributed by atoms with Crippen LogP contribution in [-0.2, 0) is 11.2 Å². The molecule has 182 valence electrons. The van der Waals surface area contributed by atoms with Gasteiger partial charge in [-0.05, 0) is 65.9 Å². The summed E-state index contributed by atoms with van der Waals surface area (Å²) in [6, 6.07) is 19.0. The van der Waals surface area contributed by atoms with Crippen molar-refractivity contribution in [2.75, 3.05) is 0 Å². The minimum absolute atomic E-state index is 0.0891. The van der Waals surface area contributed by atoms with E-state index in [1.807, 2.05) is 12.1 Å². The van der Waals surface area contributed by atoms with E-state index in [2.05, 4.69) is 10.3 Å². The van der Waals surface area contributed by atoms with Gasteiger partial charge >= 0.3 is 5.97 Å². The first kappa shape index (κ1) is 24.6. The number of benzene rings is 3. The van der Waals surface area contributed by atoms with Crippen LogP contribution in [0.25, 0.3) is 22.0 Å². The average molecular weight is 485 g/mol. The third kappa shape index (κ3) is 5.39. The van der Waals surface area contributed by atoms with Gasteiger partial charge in [-0.2, -0.15) is 0 Å².